The molecule has 6 rings (SSSR count). The summed E-state index contributed by atoms with van der Waals surface area (Å²) in [5.74, 6) is -1.54. The fourth-order valence-corrected chi connectivity index (χ4v) is 5.35. The van der Waals surface area contributed by atoms with E-state index in [0.29, 0.717) is 42.3 Å². The average Bonchev–Trinajstić information content (AvgIpc) is 3.60. The summed E-state index contributed by atoms with van der Waals surface area (Å²) >= 11 is 1.45. The highest BCUT2D eigenvalue weighted by Crippen LogP contribution is 2.35. The third-order valence-corrected chi connectivity index (χ3v) is 7.12. The summed E-state index contributed by atoms with van der Waals surface area (Å²) in [6.07, 6.45) is 3.33. The van der Waals surface area contributed by atoms with Crippen LogP contribution in [0, 0.1) is 11.6 Å². The molecule has 0 bridgehead atoms. The highest BCUT2D eigenvalue weighted by atomic mass is 32.1. The molecule has 0 radical (unpaired) electrons. The lowest BCUT2D eigenvalue weighted by Crippen LogP contribution is -2.54. The summed E-state index contributed by atoms with van der Waals surface area (Å²) < 4.78 is 29.6. The van der Waals surface area contributed by atoms with Crippen molar-refractivity contribution in [1.29, 1.82) is 0 Å². The molecule has 0 spiro atoms. The molecule has 178 valence electrons. The van der Waals surface area contributed by atoms with Crippen LogP contribution in [-0.4, -0.2) is 66.0 Å². The maximum Gasteiger partial charge on any atom is 0.242 e. The second kappa shape index (κ2) is 8.38. The lowest BCUT2D eigenvalue weighted by Gasteiger charge is -2.40. The van der Waals surface area contributed by atoms with Crippen molar-refractivity contribution in [2.45, 2.75) is 19.5 Å². The van der Waals surface area contributed by atoms with Gasteiger partial charge < -0.3 is 19.4 Å². The highest BCUT2D eigenvalue weighted by molar-refractivity contribution is 7.14. The SMILES string of the molecule is CC1CN(c2scnc2-c2nc3c(F)c(F)ccc3[nH]2)CCN1C(=O)Cn1cnc2cccnc21. The molecule has 1 atom stereocenters. The van der Waals surface area contributed by atoms with E-state index in [2.05, 4.69) is 29.8 Å². The number of hydrogen-bond acceptors (Lipinski definition) is 7. The van der Waals surface area contributed by atoms with Crippen LogP contribution in [-0.2, 0) is 11.3 Å². The van der Waals surface area contributed by atoms with Gasteiger partial charge in [0.25, 0.3) is 0 Å². The van der Waals surface area contributed by atoms with Crippen LogP contribution in [0.4, 0.5) is 13.8 Å². The van der Waals surface area contributed by atoms with Crippen molar-refractivity contribution in [1.82, 2.24) is 34.4 Å². The van der Waals surface area contributed by atoms with E-state index in [1.807, 2.05) is 24.0 Å². The first-order chi connectivity index (χ1) is 17.0. The number of nitrogens with zero attached hydrogens (tertiary/aromatic N) is 7. The molecule has 4 aromatic heterocycles. The van der Waals surface area contributed by atoms with Gasteiger partial charge in [0, 0.05) is 31.9 Å². The number of aromatic nitrogens is 6. The van der Waals surface area contributed by atoms with Crippen molar-refractivity contribution in [3.05, 3.63) is 53.9 Å². The molecular weight excluding hydrogens is 474 g/mol. The molecular formula is C23H20F2N8OS. The van der Waals surface area contributed by atoms with Crippen molar-refractivity contribution in [3.8, 4) is 11.5 Å². The lowest BCUT2D eigenvalue weighted by atomic mass is 10.2. The number of nitrogens with one attached hydrogen (secondary N) is 1. The molecule has 5 heterocycles. The van der Waals surface area contributed by atoms with Gasteiger partial charge in [-0.3, -0.25) is 4.79 Å². The Bertz CT molecular complexity index is 1560. The Labute approximate surface area is 202 Å². The number of carbonyl (C=O) groups excluding carboxylic acids is 1. The second-order valence-electron chi connectivity index (χ2n) is 8.45. The molecule has 12 heteroatoms. The highest BCUT2D eigenvalue weighted by Gasteiger charge is 2.30. The molecule has 1 unspecified atom stereocenters. The molecule has 1 aliphatic rings. The quantitative estimate of drug-likeness (QED) is 0.411. The predicted octanol–water partition coefficient (Wildman–Crippen LogP) is 3.45. The van der Waals surface area contributed by atoms with Crippen LogP contribution in [0.25, 0.3) is 33.7 Å². The summed E-state index contributed by atoms with van der Waals surface area (Å²) in [6.45, 7) is 3.93. The molecule has 0 aliphatic carbocycles. The molecule has 1 N–H and O–H groups in total. The molecule has 0 saturated carbocycles. The number of carbonyl (C=O) groups is 1. The number of benzene rings is 1. The minimum atomic E-state index is -0.983. The summed E-state index contributed by atoms with van der Waals surface area (Å²) in [7, 11) is 0. The molecule has 35 heavy (non-hydrogen) atoms. The lowest BCUT2D eigenvalue weighted by molar-refractivity contribution is -0.134. The minimum absolute atomic E-state index is 0.00131. The number of halogens is 2. The van der Waals surface area contributed by atoms with Gasteiger partial charge in [-0.15, -0.1) is 11.3 Å². The number of pyridine rings is 1. The van der Waals surface area contributed by atoms with Crippen LogP contribution in [0.15, 0.2) is 42.3 Å². The smallest absolute Gasteiger partial charge is 0.242 e. The molecule has 5 aromatic rings. The maximum absolute atomic E-state index is 14.2. The van der Waals surface area contributed by atoms with Crippen molar-refractivity contribution < 1.29 is 13.6 Å². The first-order valence-corrected chi connectivity index (χ1v) is 12.0. The van der Waals surface area contributed by atoms with E-state index >= 15 is 0 Å². The third-order valence-electron chi connectivity index (χ3n) is 6.23. The van der Waals surface area contributed by atoms with Crippen molar-refractivity contribution in [3.63, 3.8) is 0 Å². The van der Waals surface area contributed by atoms with Crippen LogP contribution in [0.1, 0.15) is 6.92 Å². The fourth-order valence-electron chi connectivity index (χ4n) is 4.52. The molecule has 1 amide bonds. The first-order valence-electron chi connectivity index (χ1n) is 11.1. The topological polar surface area (TPSA) is 95.8 Å². The van der Waals surface area contributed by atoms with Crippen LogP contribution in [0.3, 0.4) is 0 Å². The normalized spacial score (nSPS) is 16.5. The number of piperazine rings is 1. The van der Waals surface area contributed by atoms with Crippen LogP contribution in [0.5, 0.6) is 0 Å². The molecule has 1 fully saturated rings. The standard InChI is InChI=1S/C23H20F2N8OS/c1-13-9-31(7-8-33(13)17(34)10-32-11-27-16-3-2-6-26-22(16)32)23-20(28-12-35-23)21-29-15-5-4-14(24)18(25)19(15)30-21/h2-6,11-13H,7-10H2,1H3,(H,29,30). The number of anilines is 1. The van der Waals surface area contributed by atoms with E-state index in [1.54, 1.807) is 22.6 Å². The number of imidazole rings is 2. The first kappa shape index (κ1) is 21.6. The second-order valence-corrected chi connectivity index (χ2v) is 9.28. The van der Waals surface area contributed by atoms with Gasteiger partial charge >= 0.3 is 0 Å². The molecule has 9 nitrogen and oxygen atoms in total. The summed E-state index contributed by atoms with van der Waals surface area (Å²) in [5.41, 5.74) is 4.07. The molecule has 1 saturated heterocycles. The number of fused-ring (bicyclic) bond motifs is 2. The zero-order chi connectivity index (χ0) is 24.1. The van der Waals surface area contributed by atoms with E-state index in [1.165, 1.54) is 17.4 Å². The minimum Gasteiger partial charge on any atom is -0.358 e. The van der Waals surface area contributed by atoms with E-state index in [9.17, 15) is 13.6 Å². The monoisotopic (exact) mass is 494 g/mol. The van der Waals surface area contributed by atoms with Crippen LogP contribution < -0.4 is 4.90 Å². The zero-order valence-corrected chi connectivity index (χ0v) is 19.5. The van der Waals surface area contributed by atoms with Crippen molar-refractivity contribution in [2.75, 3.05) is 24.5 Å². The number of aromatic amines is 1. The predicted molar refractivity (Wildman–Crippen MR) is 128 cm³/mol. The Morgan fingerprint density at radius 3 is 2.94 bits per heavy atom. The van der Waals surface area contributed by atoms with Gasteiger partial charge in [-0.1, -0.05) is 0 Å². The van der Waals surface area contributed by atoms with Crippen molar-refractivity contribution in [2.24, 2.45) is 0 Å². The Balaban J connectivity index is 1.20. The average molecular weight is 495 g/mol. The maximum atomic E-state index is 14.2. The summed E-state index contributed by atoms with van der Waals surface area (Å²) in [5, 5.41) is 0.869. The Kier molecular flexibility index (Phi) is 5.17. The molecule has 1 aromatic carbocycles. The largest absolute Gasteiger partial charge is 0.358 e. The fraction of sp³-hybridized carbons (Fsp3) is 0.261. The van der Waals surface area contributed by atoms with Crippen molar-refractivity contribution >= 4 is 44.4 Å². The molecule has 1 aliphatic heterocycles. The van der Waals surface area contributed by atoms with E-state index < -0.39 is 11.6 Å². The van der Waals surface area contributed by atoms with E-state index in [4.69, 9.17) is 0 Å². The number of rotatable bonds is 4. The van der Waals surface area contributed by atoms with Crippen LogP contribution in [0.2, 0.25) is 0 Å². The Morgan fingerprint density at radius 2 is 2.09 bits per heavy atom. The summed E-state index contributed by atoms with van der Waals surface area (Å²) in [6, 6.07) is 6.17. The number of H-pyrrole nitrogens is 1. The number of thiazole rings is 1. The van der Waals surface area contributed by atoms with E-state index in [-0.39, 0.29) is 24.0 Å². The number of amides is 1. The zero-order valence-electron chi connectivity index (χ0n) is 18.7. The number of hydrogen-bond donors (Lipinski definition) is 1. The Hall–Kier alpha value is -3.93. The van der Waals surface area contributed by atoms with Gasteiger partial charge in [0.05, 0.1) is 17.4 Å². The van der Waals surface area contributed by atoms with Gasteiger partial charge in [-0.25, -0.2) is 28.7 Å². The summed E-state index contributed by atoms with van der Waals surface area (Å²) in [4.78, 5) is 37.5. The third kappa shape index (κ3) is 3.70. The van der Waals surface area contributed by atoms with Gasteiger partial charge in [0.1, 0.15) is 28.3 Å². The van der Waals surface area contributed by atoms with Gasteiger partial charge in [0.2, 0.25) is 5.91 Å². The van der Waals surface area contributed by atoms with E-state index in [0.717, 1.165) is 16.6 Å². The van der Waals surface area contributed by atoms with Crippen LogP contribution >= 0.6 is 11.3 Å². The van der Waals surface area contributed by atoms with Gasteiger partial charge in [-0.05, 0) is 31.2 Å². The van der Waals surface area contributed by atoms with Gasteiger partial charge in [0.15, 0.2) is 23.1 Å². The Morgan fingerprint density at radius 1 is 1.20 bits per heavy atom. The van der Waals surface area contributed by atoms with Gasteiger partial charge in [-0.2, -0.15) is 0 Å².